The van der Waals surface area contributed by atoms with Crippen LogP contribution in [0.25, 0.3) is 0 Å². The van der Waals surface area contributed by atoms with E-state index in [1.807, 2.05) is 43.3 Å². The molecule has 2 heterocycles. The smallest absolute Gasteiger partial charge is 0.295 e. The topological polar surface area (TPSA) is 84.4 Å². The van der Waals surface area contributed by atoms with Gasteiger partial charge >= 0.3 is 0 Å². The largest absolute Gasteiger partial charge is 0.444 e. The van der Waals surface area contributed by atoms with Gasteiger partial charge in [0.15, 0.2) is 6.23 Å². The van der Waals surface area contributed by atoms with Crippen molar-refractivity contribution >= 4 is 12.4 Å². The van der Waals surface area contributed by atoms with Crippen LogP contribution in [0.4, 0.5) is 0 Å². The number of nitrogens with one attached hydrogen (secondary N) is 1. The lowest BCUT2D eigenvalue weighted by Crippen LogP contribution is -2.36. The number of pyridine rings is 2. The third kappa shape index (κ3) is 9.60. The van der Waals surface area contributed by atoms with Gasteiger partial charge in [-0.25, -0.2) is 0 Å². The molecular weight excluding hydrogens is 380 g/mol. The quantitative estimate of drug-likeness (QED) is 0.274. The van der Waals surface area contributed by atoms with Crippen LogP contribution >= 0.6 is 0 Å². The van der Waals surface area contributed by atoms with Gasteiger partial charge in [0.1, 0.15) is 0 Å². The Kier molecular flexibility index (Phi) is 11.1. The molecule has 7 heteroatoms. The normalized spacial score (nSPS) is 11.8. The van der Waals surface area contributed by atoms with Gasteiger partial charge in [0.25, 0.3) is 6.47 Å². The number of carbonyl (C=O) groups excluding carboxylic acids is 2. The van der Waals surface area contributed by atoms with Crippen molar-refractivity contribution in [2.75, 3.05) is 6.54 Å². The Hall–Kier alpha value is -2.80. The van der Waals surface area contributed by atoms with Crippen LogP contribution in [0.1, 0.15) is 56.8 Å². The molecule has 1 unspecified atom stereocenters. The molecule has 0 aliphatic rings. The molecule has 0 saturated carbocycles. The van der Waals surface area contributed by atoms with Crippen LogP contribution < -0.4 is 5.32 Å². The van der Waals surface area contributed by atoms with Crippen LogP contribution in [0.2, 0.25) is 0 Å². The second kappa shape index (κ2) is 14.2. The zero-order chi connectivity index (χ0) is 21.4. The number of ether oxygens (including phenoxy) is 1. The highest BCUT2D eigenvalue weighted by atomic mass is 16.5. The molecule has 2 rings (SSSR count). The number of hydrogen-bond donors (Lipinski definition) is 1. The molecule has 0 bridgehead atoms. The maximum absolute atomic E-state index is 11.9. The fourth-order valence-electron chi connectivity index (χ4n) is 3.15. The Balaban J connectivity index is 1.84. The van der Waals surface area contributed by atoms with Gasteiger partial charge in [0.2, 0.25) is 5.91 Å². The Bertz CT molecular complexity index is 686. The second-order valence-corrected chi connectivity index (χ2v) is 7.24. The molecule has 0 fully saturated rings. The summed E-state index contributed by atoms with van der Waals surface area (Å²) in [5, 5.41) is 2.79. The molecule has 0 spiro atoms. The van der Waals surface area contributed by atoms with Gasteiger partial charge in [-0.3, -0.25) is 24.5 Å². The van der Waals surface area contributed by atoms with E-state index in [0.29, 0.717) is 19.3 Å². The van der Waals surface area contributed by atoms with Crippen LogP contribution in [0.15, 0.2) is 48.8 Å². The third-order valence-corrected chi connectivity index (χ3v) is 4.71. The van der Waals surface area contributed by atoms with Crippen molar-refractivity contribution in [1.29, 1.82) is 0 Å². The molecule has 0 aliphatic carbocycles. The van der Waals surface area contributed by atoms with E-state index in [9.17, 15) is 9.59 Å². The molecule has 7 nitrogen and oxygen atoms in total. The molecule has 0 aliphatic heterocycles. The van der Waals surface area contributed by atoms with E-state index in [1.54, 1.807) is 12.4 Å². The Morgan fingerprint density at radius 3 is 2.27 bits per heavy atom. The van der Waals surface area contributed by atoms with Crippen molar-refractivity contribution in [3.63, 3.8) is 0 Å². The number of nitrogens with zero attached hydrogens (tertiary/aromatic N) is 3. The van der Waals surface area contributed by atoms with Gasteiger partial charge in [-0.15, -0.1) is 0 Å². The van der Waals surface area contributed by atoms with Crippen molar-refractivity contribution in [2.45, 2.75) is 64.8 Å². The molecule has 2 aromatic heterocycles. The first-order valence-corrected chi connectivity index (χ1v) is 10.6. The summed E-state index contributed by atoms with van der Waals surface area (Å²) in [4.78, 5) is 33.8. The van der Waals surface area contributed by atoms with E-state index >= 15 is 0 Å². The molecule has 30 heavy (non-hydrogen) atoms. The fraction of sp³-hybridized carbons (Fsp3) is 0.478. The summed E-state index contributed by atoms with van der Waals surface area (Å²) >= 11 is 0. The number of aromatic nitrogens is 2. The van der Waals surface area contributed by atoms with Crippen molar-refractivity contribution in [3.05, 3.63) is 60.2 Å². The monoisotopic (exact) mass is 412 g/mol. The molecule has 1 atom stereocenters. The van der Waals surface area contributed by atoms with Gasteiger partial charge in [0.05, 0.1) is 11.4 Å². The average molecular weight is 413 g/mol. The zero-order valence-corrected chi connectivity index (χ0v) is 17.7. The maximum atomic E-state index is 11.9. The fourth-order valence-corrected chi connectivity index (χ4v) is 3.15. The molecule has 0 saturated heterocycles. The lowest BCUT2D eigenvalue weighted by molar-refractivity contribution is -0.138. The van der Waals surface area contributed by atoms with Gasteiger partial charge in [-0.1, -0.05) is 25.5 Å². The summed E-state index contributed by atoms with van der Waals surface area (Å²) in [6.07, 6.45) is 7.61. The molecule has 1 N–H and O–H groups in total. The Morgan fingerprint density at radius 1 is 1.07 bits per heavy atom. The van der Waals surface area contributed by atoms with Crippen molar-refractivity contribution in [3.8, 4) is 0 Å². The zero-order valence-electron chi connectivity index (χ0n) is 17.7. The minimum atomic E-state index is -0.563. The van der Waals surface area contributed by atoms with Gasteiger partial charge < -0.3 is 10.1 Å². The number of rotatable bonds is 15. The van der Waals surface area contributed by atoms with Crippen molar-refractivity contribution in [1.82, 2.24) is 20.2 Å². The van der Waals surface area contributed by atoms with Crippen LogP contribution in [-0.2, 0) is 27.4 Å². The predicted molar refractivity (Wildman–Crippen MR) is 115 cm³/mol. The van der Waals surface area contributed by atoms with Crippen LogP contribution in [0.3, 0.4) is 0 Å². The summed E-state index contributed by atoms with van der Waals surface area (Å²) in [6, 6.07) is 11.8. The van der Waals surface area contributed by atoms with Crippen molar-refractivity contribution < 1.29 is 14.3 Å². The minimum absolute atomic E-state index is 0.0735. The molecule has 1 amide bonds. The summed E-state index contributed by atoms with van der Waals surface area (Å²) < 4.78 is 5.04. The van der Waals surface area contributed by atoms with Gasteiger partial charge in [0, 0.05) is 38.3 Å². The highest BCUT2D eigenvalue weighted by molar-refractivity contribution is 5.76. The summed E-state index contributed by atoms with van der Waals surface area (Å²) in [6.45, 7) is 4.76. The Labute approximate surface area is 178 Å². The number of hydrogen-bond acceptors (Lipinski definition) is 6. The molecule has 162 valence electrons. The van der Waals surface area contributed by atoms with E-state index in [2.05, 4.69) is 20.2 Å². The highest BCUT2D eigenvalue weighted by Crippen LogP contribution is 2.10. The number of unbranched alkanes of at least 4 members (excludes halogenated alkanes) is 2. The first-order chi connectivity index (χ1) is 14.7. The predicted octanol–water partition coefficient (Wildman–Crippen LogP) is 3.45. The first kappa shape index (κ1) is 23.5. The van der Waals surface area contributed by atoms with Gasteiger partial charge in [-0.2, -0.15) is 0 Å². The SMILES string of the molecule is CCCCC(=O)NC(CCCCN(Cc1ccccn1)Cc1ccccn1)OC=O. The maximum Gasteiger partial charge on any atom is 0.295 e. The van der Waals surface area contributed by atoms with Crippen LogP contribution in [-0.4, -0.2) is 40.0 Å². The summed E-state index contributed by atoms with van der Waals surface area (Å²) in [5.74, 6) is -0.0735. The van der Waals surface area contributed by atoms with E-state index in [-0.39, 0.29) is 5.91 Å². The number of carbonyl (C=O) groups is 2. The van der Waals surface area contributed by atoms with E-state index in [4.69, 9.17) is 4.74 Å². The molecule has 0 aromatic carbocycles. The standard InChI is InChI=1S/C23H32N4O3/c1-2-3-12-22(29)26-23(30-19-28)13-6-9-16-27(17-20-10-4-7-14-24-20)18-21-11-5-8-15-25-21/h4-5,7-8,10-11,14-15,19,23H,2-3,6,9,12-13,16-18H2,1H3,(H,26,29). The summed E-state index contributed by atoms with van der Waals surface area (Å²) in [5.41, 5.74) is 2.03. The van der Waals surface area contributed by atoms with Crippen LogP contribution in [0.5, 0.6) is 0 Å². The molecule has 0 radical (unpaired) electrons. The van der Waals surface area contributed by atoms with E-state index < -0.39 is 6.23 Å². The number of amides is 1. The second-order valence-electron chi connectivity index (χ2n) is 7.24. The lowest BCUT2D eigenvalue weighted by atomic mass is 10.2. The van der Waals surface area contributed by atoms with E-state index in [1.165, 1.54) is 0 Å². The Morgan fingerprint density at radius 2 is 1.73 bits per heavy atom. The first-order valence-electron chi connectivity index (χ1n) is 10.6. The van der Waals surface area contributed by atoms with Gasteiger partial charge in [-0.05, 0) is 50.1 Å². The molecule has 2 aromatic rings. The van der Waals surface area contributed by atoms with E-state index in [0.717, 1.165) is 56.7 Å². The highest BCUT2D eigenvalue weighted by Gasteiger charge is 2.14. The average Bonchev–Trinajstić information content (AvgIpc) is 2.76. The molecular formula is C23H32N4O3. The summed E-state index contributed by atoms with van der Waals surface area (Å²) in [7, 11) is 0. The lowest BCUT2D eigenvalue weighted by Gasteiger charge is -2.22. The third-order valence-electron chi connectivity index (χ3n) is 4.71. The minimum Gasteiger partial charge on any atom is -0.444 e. The van der Waals surface area contributed by atoms with Crippen molar-refractivity contribution in [2.24, 2.45) is 0 Å². The van der Waals surface area contributed by atoms with Crippen LogP contribution in [0, 0.1) is 0 Å².